The molecule has 0 saturated carbocycles. The molecule has 0 bridgehead atoms. The molecule has 2 aromatic rings. The Morgan fingerprint density at radius 2 is 1.73 bits per heavy atom. The van der Waals surface area contributed by atoms with Crippen molar-refractivity contribution in [3.05, 3.63) is 48.0 Å². The molecule has 1 aromatic carbocycles. The lowest BCUT2D eigenvalue weighted by molar-refractivity contribution is -0.116. The number of anilines is 2. The van der Waals surface area contributed by atoms with Gasteiger partial charge in [0.25, 0.3) is 0 Å². The number of hydrogen-bond donors (Lipinski definition) is 1. The third kappa shape index (κ3) is 4.29. The van der Waals surface area contributed by atoms with Crippen molar-refractivity contribution in [2.45, 2.75) is 6.42 Å². The Balaban J connectivity index is 1.45. The van der Waals surface area contributed by atoms with E-state index in [0.29, 0.717) is 12.5 Å². The van der Waals surface area contributed by atoms with Crippen LogP contribution in [0.2, 0.25) is 0 Å². The second-order valence-electron chi connectivity index (χ2n) is 5.90. The number of carbonyl (C=O) groups excluding carboxylic acids is 1. The number of aromatic nitrogens is 2. The van der Waals surface area contributed by atoms with Crippen LogP contribution in [-0.2, 0) is 4.79 Å². The van der Waals surface area contributed by atoms with Crippen LogP contribution in [0.5, 0.6) is 0 Å². The normalized spacial score (nSPS) is 15.1. The number of nitrogens with zero attached hydrogens (tertiary/aromatic N) is 4. The van der Waals surface area contributed by atoms with Crippen LogP contribution in [0.25, 0.3) is 0 Å². The highest BCUT2D eigenvalue weighted by Gasteiger charge is 2.20. The van der Waals surface area contributed by atoms with Crippen molar-refractivity contribution in [3.8, 4) is 0 Å². The van der Waals surface area contributed by atoms with Gasteiger partial charge in [-0.25, -0.2) is 23.1 Å². The van der Waals surface area contributed by atoms with Gasteiger partial charge < -0.3 is 10.2 Å². The average Bonchev–Trinajstić information content (AvgIpc) is 2.68. The van der Waals surface area contributed by atoms with Gasteiger partial charge in [0.15, 0.2) is 17.5 Å². The van der Waals surface area contributed by atoms with E-state index in [1.807, 2.05) is 0 Å². The molecule has 2 heterocycles. The van der Waals surface area contributed by atoms with Gasteiger partial charge in [-0.1, -0.05) is 0 Å². The molecule has 0 radical (unpaired) electrons. The highest BCUT2D eigenvalue weighted by atomic mass is 19.2. The predicted molar refractivity (Wildman–Crippen MR) is 90.2 cm³/mol. The molecule has 1 aliphatic heterocycles. The third-order valence-corrected chi connectivity index (χ3v) is 4.17. The Morgan fingerprint density at radius 3 is 2.42 bits per heavy atom. The quantitative estimate of drug-likeness (QED) is 0.822. The molecule has 6 nitrogen and oxygen atoms in total. The van der Waals surface area contributed by atoms with Crippen molar-refractivity contribution < 1.29 is 18.0 Å². The molecule has 0 atom stereocenters. The fraction of sp³-hybridized carbons (Fsp3) is 0.353. The molecule has 1 N–H and O–H groups in total. The number of benzene rings is 1. The molecule has 1 aliphatic rings. The highest BCUT2D eigenvalue weighted by Crippen LogP contribution is 2.19. The van der Waals surface area contributed by atoms with Crippen LogP contribution in [0.1, 0.15) is 6.42 Å². The van der Waals surface area contributed by atoms with Crippen molar-refractivity contribution in [2.75, 3.05) is 42.9 Å². The van der Waals surface area contributed by atoms with Gasteiger partial charge in [-0.15, -0.1) is 0 Å². The summed E-state index contributed by atoms with van der Waals surface area (Å²) in [6.45, 7) is 3.45. The van der Waals surface area contributed by atoms with E-state index in [2.05, 4.69) is 25.1 Å². The molecule has 1 amide bonds. The van der Waals surface area contributed by atoms with Crippen LogP contribution in [0.3, 0.4) is 0 Å². The molecule has 3 rings (SSSR count). The lowest BCUT2D eigenvalue weighted by Crippen LogP contribution is -2.47. The second kappa shape index (κ2) is 8.13. The van der Waals surface area contributed by atoms with Gasteiger partial charge >= 0.3 is 0 Å². The van der Waals surface area contributed by atoms with E-state index >= 15 is 0 Å². The van der Waals surface area contributed by atoms with Gasteiger partial charge in [0.1, 0.15) is 0 Å². The first-order chi connectivity index (χ1) is 12.5. The number of piperazine rings is 1. The second-order valence-corrected chi connectivity index (χ2v) is 5.90. The largest absolute Gasteiger partial charge is 0.338 e. The molecule has 26 heavy (non-hydrogen) atoms. The molecule has 1 fully saturated rings. The number of rotatable bonds is 5. The molecule has 0 aliphatic carbocycles. The van der Waals surface area contributed by atoms with E-state index in [1.54, 1.807) is 18.5 Å². The molecule has 0 spiro atoms. The summed E-state index contributed by atoms with van der Waals surface area (Å²) in [6, 6.07) is 3.54. The van der Waals surface area contributed by atoms with E-state index in [0.717, 1.165) is 38.3 Å². The summed E-state index contributed by atoms with van der Waals surface area (Å²) in [4.78, 5) is 24.5. The summed E-state index contributed by atoms with van der Waals surface area (Å²) in [5.41, 5.74) is -0.361. The average molecular weight is 365 g/mol. The predicted octanol–water partition coefficient (Wildman–Crippen LogP) is 2.04. The first-order valence-electron chi connectivity index (χ1n) is 8.22. The lowest BCUT2D eigenvalue weighted by Gasteiger charge is -2.34. The van der Waals surface area contributed by atoms with Crippen LogP contribution in [0.15, 0.2) is 30.6 Å². The van der Waals surface area contributed by atoms with Gasteiger partial charge in [-0.05, 0) is 18.2 Å². The number of amides is 1. The van der Waals surface area contributed by atoms with Gasteiger partial charge in [-0.2, -0.15) is 0 Å². The first kappa shape index (κ1) is 18.1. The zero-order valence-corrected chi connectivity index (χ0v) is 14.0. The van der Waals surface area contributed by atoms with E-state index in [4.69, 9.17) is 0 Å². The molecule has 1 aromatic heterocycles. The zero-order valence-electron chi connectivity index (χ0n) is 14.0. The Kier molecular flexibility index (Phi) is 5.67. The summed E-state index contributed by atoms with van der Waals surface area (Å²) >= 11 is 0. The summed E-state index contributed by atoms with van der Waals surface area (Å²) in [5, 5.41) is 2.27. The number of halogens is 3. The molecule has 138 valence electrons. The fourth-order valence-corrected chi connectivity index (χ4v) is 2.72. The molecular weight excluding hydrogens is 347 g/mol. The summed E-state index contributed by atoms with van der Waals surface area (Å²) < 4.78 is 39.6. The minimum absolute atomic E-state index is 0.125. The summed E-state index contributed by atoms with van der Waals surface area (Å²) in [7, 11) is 0. The number of carbonyl (C=O) groups is 1. The Hall–Kier alpha value is -2.68. The molecular formula is C17H18F3N5O. The number of nitrogens with one attached hydrogen (secondary N) is 1. The highest BCUT2D eigenvalue weighted by molar-refractivity contribution is 5.90. The van der Waals surface area contributed by atoms with Crippen molar-refractivity contribution in [2.24, 2.45) is 0 Å². The van der Waals surface area contributed by atoms with Gasteiger partial charge in [0, 0.05) is 51.5 Å². The smallest absolute Gasteiger partial charge is 0.225 e. The van der Waals surface area contributed by atoms with Crippen LogP contribution >= 0.6 is 0 Å². The third-order valence-electron chi connectivity index (χ3n) is 4.17. The van der Waals surface area contributed by atoms with E-state index in [-0.39, 0.29) is 12.1 Å². The Bertz CT molecular complexity index is 766. The standard InChI is InChI=1S/C17H18F3N5O/c18-12-2-3-13(16(20)15(12)19)23-14(26)4-7-24-8-10-25(11-9-24)17-21-5-1-6-22-17/h1-3,5-6H,4,7-11H2,(H,23,26). The maximum atomic E-state index is 13.6. The van der Waals surface area contributed by atoms with Crippen LogP contribution in [0.4, 0.5) is 24.8 Å². The Morgan fingerprint density at radius 1 is 1.04 bits per heavy atom. The fourth-order valence-electron chi connectivity index (χ4n) is 2.72. The van der Waals surface area contributed by atoms with E-state index < -0.39 is 23.4 Å². The minimum atomic E-state index is -1.60. The zero-order chi connectivity index (χ0) is 18.5. The summed E-state index contributed by atoms with van der Waals surface area (Å²) in [6.07, 6.45) is 3.51. The van der Waals surface area contributed by atoms with Crippen LogP contribution < -0.4 is 10.2 Å². The van der Waals surface area contributed by atoms with Gasteiger partial charge in [-0.3, -0.25) is 9.69 Å². The minimum Gasteiger partial charge on any atom is -0.338 e. The van der Waals surface area contributed by atoms with Crippen molar-refractivity contribution in [3.63, 3.8) is 0 Å². The van der Waals surface area contributed by atoms with E-state index in [9.17, 15) is 18.0 Å². The maximum absolute atomic E-state index is 13.6. The molecule has 9 heteroatoms. The van der Waals surface area contributed by atoms with Gasteiger partial charge in [0.05, 0.1) is 5.69 Å². The van der Waals surface area contributed by atoms with Crippen molar-refractivity contribution in [1.82, 2.24) is 14.9 Å². The SMILES string of the molecule is O=C(CCN1CCN(c2ncccn2)CC1)Nc1ccc(F)c(F)c1F. The van der Waals surface area contributed by atoms with Gasteiger partial charge in [0.2, 0.25) is 11.9 Å². The molecule has 1 saturated heterocycles. The maximum Gasteiger partial charge on any atom is 0.225 e. The van der Waals surface area contributed by atoms with Crippen molar-refractivity contribution in [1.29, 1.82) is 0 Å². The topological polar surface area (TPSA) is 61.4 Å². The number of hydrogen-bond acceptors (Lipinski definition) is 5. The molecule has 0 unspecified atom stereocenters. The van der Waals surface area contributed by atoms with E-state index in [1.165, 1.54) is 0 Å². The Labute approximate surface area is 148 Å². The monoisotopic (exact) mass is 365 g/mol. The van der Waals surface area contributed by atoms with Crippen LogP contribution in [-0.4, -0.2) is 53.5 Å². The van der Waals surface area contributed by atoms with Crippen molar-refractivity contribution >= 4 is 17.5 Å². The lowest BCUT2D eigenvalue weighted by atomic mass is 10.2. The first-order valence-corrected chi connectivity index (χ1v) is 8.22. The van der Waals surface area contributed by atoms with Crippen LogP contribution in [0, 0.1) is 17.5 Å². The summed E-state index contributed by atoms with van der Waals surface area (Å²) in [5.74, 6) is -4.06.